The van der Waals surface area contributed by atoms with E-state index in [0.29, 0.717) is 11.2 Å². The lowest BCUT2D eigenvalue weighted by Crippen LogP contribution is -2.26. The smallest absolute Gasteiger partial charge is 0.287 e. The van der Waals surface area contributed by atoms with Crippen LogP contribution in [0.2, 0.25) is 0 Å². The normalized spacial score (nSPS) is 12.3. The summed E-state index contributed by atoms with van der Waals surface area (Å²) in [7, 11) is 0. The lowest BCUT2D eigenvalue weighted by Gasteiger charge is -2.17. The molecule has 2 rings (SSSR count). The van der Waals surface area contributed by atoms with Crippen LogP contribution in [-0.2, 0) is 6.54 Å². The molecule has 2 aromatic rings. The van der Waals surface area contributed by atoms with Gasteiger partial charge in [0.25, 0.3) is 5.56 Å². The molecule has 2 heterocycles. The summed E-state index contributed by atoms with van der Waals surface area (Å²) in [6, 6.07) is 1.54. The zero-order valence-corrected chi connectivity index (χ0v) is 15.2. The second-order valence-electron chi connectivity index (χ2n) is 5.71. The zero-order valence-electron chi connectivity index (χ0n) is 15.2. The molecular weight excluding hydrogens is 355 g/mol. The number of nitrogens with zero attached hydrogens (tertiary/aromatic N) is 3. The average Bonchev–Trinajstić information content (AvgIpc) is 2.60. The van der Waals surface area contributed by atoms with Gasteiger partial charge >= 0.3 is 6.18 Å². The van der Waals surface area contributed by atoms with Crippen LogP contribution in [0.5, 0.6) is 0 Å². The Morgan fingerprint density at radius 3 is 2.70 bits per heavy atom. The molecule has 0 aliphatic rings. The lowest BCUT2D eigenvalue weighted by atomic mass is 10.1. The van der Waals surface area contributed by atoms with E-state index < -0.39 is 17.3 Å². The number of alkyl halides is 3. The van der Waals surface area contributed by atoms with Crippen molar-refractivity contribution in [3.8, 4) is 11.8 Å². The van der Waals surface area contributed by atoms with E-state index in [0.717, 1.165) is 0 Å². The summed E-state index contributed by atoms with van der Waals surface area (Å²) in [6.45, 7) is 7.71. The quantitative estimate of drug-likeness (QED) is 0.599. The van der Waals surface area contributed by atoms with Gasteiger partial charge in [0, 0.05) is 11.6 Å². The van der Waals surface area contributed by atoms with Crippen LogP contribution in [0.4, 0.5) is 13.2 Å². The number of rotatable bonds is 4. The van der Waals surface area contributed by atoms with Crippen LogP contribution in [0.3, 0.4) is 0 Å². The summed E-state index contributed by atoms with van der Waals surface area (Å²) in [5.41, 5.74) is -1.26. The van der Waals surface area contributed by atoms with Crippen LogP contribution in [-0.4, -0.2) is 20.7 Å². The number of hydrogen-bond donors (Lipinski definition) is 0. The average molecular weight is 373 g/mol. The molecule has 0 radical (unpaired) electrons. The maximum absolute atomic E-state index is 13.2. The number of fused-ring (bicyclic) bond motifs is 1. The van der Waals surface area contributed by atoms with Gasteiger partial charge in [-0.1, -0.05) is 30.7 Å². The Hall–Kier alpha value is -3.14. The second kappa shape index (κ2) is 8.04. The molecule has 0 aromatic carbocycles. The van der Waals surface area contributed by atoms with Crippen molar-refractivity contribution in [3.63, 3.8) is 0 Å². The van der Waals surface area contributed by atoms with Crippen LogP contribution < -0.4 is 5.56 Å². The highest BCUT2D eigenvalue weighted by Crippen LogP contribution is 2.30. The summed E-state index contributed by atoms with van der Waals surface area (Å²) in [5.74, 6) is 5.72. The van der Waals surface area contributed by atoms with E-state index in [-0.39, 0.29) is 23.3 Å². The number of pyridine rings is 1. The maximum Gasteiger partial charge on any atom is 0.416 e. The van der Waals surface area contributed by atoms with E-state index in [1.807, 2.05) is 0 Å². The Morgan fingerprint density at radius 2 is 2.11 bits per heavy atom. The number of allylic oxidation sites excluding steroid dienone is 5. The van der Waals surface area contributed by atoms with Gasteiger partial charge in [-0.15, -0.1) is 5.92 Å². The number of aromatic nitrogens is 3. The first kappa shape index (κ1) is 20.2. The van der Waals surface area contributed by atoms with Gasteiger partial charge in [-0.3, -0.25) is 9.36 Å². The molecule has 0 saturated carbocycles. The highest BCUT2D eigenvalue weighted by Gasteiger charge is 2.34. The molecule has 140 valence electrons. The van der Waals surface area contributed by atoms with Crippen LogP contribution in [0.15, 0.2) is 53.0 Å². The molecule has 7 heteroatoms. The Bertz CT molecular complexity index is 1060. The van der Waals surface area contributed by atoms with E-state index in [1.54, 1.807) is 26.8 Å². The van der Waals surface area contributed by atoms with Gasteiger partial charge in [-0.2, -0.15) is 13.2 Å². The third-order valence-electron chi connectivity index (χ3n) is 3.76. The van der Waals surface area contributed by atoms with Crippen LogP contribution in [0.25, 0.3) is 11.0 Å². The minimum Gasteiger partial charge on any atom is -0.287 e. The maximum atomic E-state index is 13.2. The zero-order chi connectivity index (χ0) is 20.2. The van der Waals surface area contributed by atoms with E-state index >= 15 is 0 Å². The summed E-state index contributed by atoms with van der Waals surface area (Å²) in [4.78, 5) is 21.1. The van der Waals surface area contributed by atoms with Crippen molar-refractivity contribution in [2.24, 2.45) is 0 Å². The van der Waals surface area contributed by atoms with Crippen molar-refractivity contribution in [1.29, 1.82) is 0 Å². The van der Waals surface area contributed by atoms with Crippen molar-refractivity contribution in [3.05, 3.63) is 70.0 Å². The molecule has 0 fully saturated rings. The third kappa shape index (κ3) is 4.53. The summed E-state index contributed by atoms with van der Waals surface area (Å²) in [6.07, 6.45) is 1.26. The first-order chi connectivity index (χ1) is 12.7. The molecule has 0 aliphatic carbocycles. The van der Waals surface area contributed by atoms with Crippen molar-refractivity contribution in [2.45, 2.75) is 33.5 Å². The van der Waals surface area contributed by atoms with Gasteiger partial charge in [0.2, 0.25) is 0 Å². The highest BCUT2D eigenvalue weighted by molar-refractivity contribution is 5.76. The SMILES string of the molecule is C=C(/C(=C\C=C/C)Cn1c(=O)c(C#CC)cc2cnc(C)nc21)C(F)(F)F. The van der Waals surface area contributed by atoms with E-state index in [4.69, 9.17) is 0 Å². The first-order valence-electron chi connectivity index (χ1n) is 8.07. The van der Waals surface area contributed by atoms with Crippen LogP contribution in [0.1, 0.15) is 25.2 Å². The van der Waals surface area contributed by atoms with Crippen molar-refractivity contribution >= 4 is 11.0 Å². The van der Waals surface area contributed by atoms with E-state index in [1.165, 1.54) is 29.0 Å². The Kier molecular flexibility index (Phi) is 6.01. The molecule has 0 aliphatic heterocycles. The fourth-order valence-electron chi connectivity index (χ4n) is 2.43. The predicted molar refractivity (Wildman–Crippen MR) is 99.2 cm³/mol. The molecule has 0 unspecified atom stereocenters. The molecule has 0 amide bonds. The summed E-state index contributed by atoms with van der Waals surface area (Å²) in [5, 5.41) is 0.515. The van der Waals surface area contributed by atoms with Gasteiger partial charge < -0.3 is 0 Å². The third-order valence-corrected chi connectivity index (χ3v) is 3.76. The molecule has 2 aromatic heterocycles. The molecule has 0 saturated heterocycles. The largest absolute Gasteiger partial charge is 0.416 e. The van der Waals surface area contributed by atoms with Crippen molar-refractivity contribution in [1.82, 2.24) is 14.5 Å². The topological polar surface area (TPSA) is 47.8 Å². The second-order valence-corrected chi connectivity index (χ2v) is 5.71. The van der Waals surface area contributed by atoms with Gasteiger partial charge in [0.15, 0.2) is 0 Å². The monoisotopic (exact) mass is 373 g/mol. The number of halogens is 3. The molecule has 0 spiro atoms. The lowest BCUT2D eigenvalue weighted by molar-refractivity contribution is -0.0892. The predicted octanol–water partition coefficient (Wildman–Crippen LogP) is 4.09. The molecule has 27 heavy (non-hydrogen) atoms. The van der Waals surface area contributed by atoms with Gasteiger partial charge in [-0.05, 0) is 32.4 Å². The minimum absolute atomic E-state index is 0.137. The first-order valence-corrected chi connectivity index (χ1v) is 8.07. The van der Waals surface area contributed by atoms with Gasteiger partial charge in [0.1, 0.15) is 11.5 Å². The summed E-state index contributed by atoms with van der Waals surface area (Å²) >= 11 is 0. The van der Waals surface area contributed by atoms with Crippen molar-refractivity contribution in [2.75, 3.05) is 0 Å². The van der Waals surface area contributed by atoms with E-state index in [9.17, 15) is 18.0 Å². The van der Waals surface area contributed by atoms with Gasteiger partial charge in [0.05, 0.1) is 17.7 Å². The summed E-state index contributed by atoms with van der Waals surface area (Å²) < 4.78 is 40.8. The molecule has 4 nitrogen and oxygen atoms in total. The fourth-order valence-corrected chi connectivity index (χ4v) is 2.43. The van der Waals surface area contributed by atoms with Crippen LogP contribution >= 0.6 is 0 Å². The Labute approximate surface area is 154 Å². The number of aryl methyl sites for hydroxylation is 1. The van der Waals surface area contributed by atoms with Crippen molar-refractivity contribution < 1.29 is 13.2 Å². The van der Waals surface area contributed by atoms with Gasteiger partial charge in [-0.25, -0.2) is 9.97 Å². The highest BCUT2D eigenvalue weighted by atomic mass is 19.4. The standard InChI is InChI=1S/C20H18F3N3O/c1-5-7-9-16(13(3)20(21,22)23)12-26-18-17(11-24-14(4)25-18)10-15(8-6-2)19(26)27/h5,7,9-11H,3,12H2,1-2,4H3/b7-5-,16-9-. The number of hydrogen-bond acceptors (Lipinski definition) is 3. The molecule has 0 bridgehead atoms. The molecular formula is C20H18F3N3O. The Balaban J connectivity index is 2.75. The minimum atomic E-state index is -4.61. The van der Waals surface area contributed by atoms with E-state index in [2.05, 4.69) is 28.4 Å². The molecule has 0 atom stereocenters. The molecule has 0 N–H and O–H groups in total. The van der Waals surface area contributed by atoms with Crippen LogP contribution in [0, 0.1) is 18.8 Å². The fraction of sp³-hybridized carbons (Fsp3) is 0.250. The Morgan fingerprint density at radius 1 is 1.41 bits per heavy atom.